The van der Waals surface area contributed by atoms with Gasteiger partial charge in [-0.2, -0.15) is 0 Å². The van der Waals surface area contributed by atoms with Crippen LogP contribution in [-0.2, 0) is 20.9 Å². The van der Waals surface area contributed by atoms with Gasteiger partial charge in [0.25, 0.3) is 5.91 Å². The average Bonchev–Trinajstić information content (AvgIpc) is 3.34. The maximum Gasteiger partial charge on any atom is 0.259 e. The molecule has 1 saturated carbocycles. The number of thioether (sulfide) groups is 1. The minimum absolute atomic E-state index is 0.0128. The molecule has 2 aromatic rings. The van der Waals surface area contributed by atoms with Crippen LogP contribution < -0.4 is 15.4 Å². The van der Waals surface area contributed by atoms with E-state index in [-0.39, 0.29) is 41.9 Å². The largest absolute Gasteiger partial charge is 0.497 e. The molecule has 2 atom stereocenters. The van der Waals surface area contributed by atoms with Gasteiger partial charge in [0.2, 0.25) is 11.8 Å². The van der Waals surface area contributed by atoms with Gasteiger partial charge in [-0.3, -0.25) is 19.4 Å². The number of nitrogens with zero attached hydrogens (tertiary/aromatic N) is 3. The monoisotopic (exact) mass is 575 g/mol. The van der Waals surface area contributed by atoms with Crippen molar-refractivity contribution in [2.75, 3.05) is 7.11 Å². The minimum atomic E-state index is -0.690. The third-order valence-electron chi connectivity index (χ3n) is 7.70. The van der Waals surface area contributed by atoms with E-state index in [0.29, 0.717) is 24.0 Å². The maximum atomic E-state index is 13.6. The van der Waals surface area contributed by atoms with Gasteiger partial charge in [-0.25, -0.2) is 9.89 Å². The topological polar surface area (TPSA) is 112 Å². The lowest BCUT2D eigenvalue weighted by atomic mass is 9.95. The fourth-order valence-corrected chi connectivity index (χ4v) is 6.39. The molecule has 1 aliphatic carbocycles. The Labute approximate surface area is 245 Å². The van der Waals surface area contributed by atoms with Crippen molar-refractivity contribution >= 4 is 46.2 Å². The summed E-state index contributed by atoms with van der Waals surface area (Å²) < 4.78 is 5.17. The second-order valence-electron chi connectivity index (χ2n) is 10.6. The summed E-state index contributed by atoms with van der Waals surface area (Å²) in [5.41, 5.74) is 2.45. The Morgan fingerprint density at radius 2 is 1.85 bits per heavy atom. The zero-order valence-electron chi connectivity index (χ0n) is 23.6. The standard InChI is InChI=1S/C31H37N5O4S/c1-3-26(29(38)33-21-9-5-4-6-10-21)41-31-35-24-12-8-7-11-23(24)28-34-25(30(39)36(28)31)17-18-27(37)32-19-20-13-15-22(40-2)16-14-20/h7-8,11-16,21,25-26H,3-6,9-10,17-19H2,1-2H3,(H,32,37)(H,33,38)/t25-,26+/m0/s1. The first-order valence-corrected chi connectivity index (χ1v) is 15.3. The summed E-state index contributed by atoms with van der Waals surface area (Å²) in [6, 6.07) is 14.6. The predicted molar refractivity (Wildman–Crippen MR) is 161 cm³/mol. The number of hydrogen-bond donors (Lipinski definition) is 2. The Bertz CT molecular complexity index is 1340. The number of nitrogens with one attached hydrogen (secondary N) is 2. The van der Waals surface area contributed by atoms with Gasteiger partial charge in [0.05, 0.1) is 18.0 Å². The molecule has 2 heterocycles. The summed E-state index contributed by atoms with van der Waals surface area (Å²) in [6.45, 7) is 2.37. The van der Waals surface area contributed by atoms with Crippen LogP contribution in [0.15, 0.2) is 58.5 Å². The summed E-state index contributed by atoms with van der Waals surface area (Å²) in [5, 5.41) is 6.22. The molecule has 0 aromatic heterocycles. The molecular weight excluding hydrogens is 538 g/mol. The Hall–Kier alpha value is -3.66. The van der Waals surface area contributed by atoms with Crippen molar-refractivity contribution in [3.05, 3.63) is 59.7 Å². The molecule has 2 N–H and O–H groups in total. The number of amides is 3. The zero-order valence-corrected chi connectivity index (χ0v) is 24.4. The van der Waals surface area contributed by atoms with Crippen LogP contribution in [0.1, 0.15) is 69.4 Å². The van der Waals surface area contributed by atoms with Crippen LogP contribution in [-0.4, -0.2) is 58.1 Å². The van der Waals surface area contributed by atoms with Crippen LogP contribution in [0.3, 0.4) is 0 Å². The van der Waals surface area contributed by atoms with Gasteiger partial charge in [0.15, 0.2) is 5.17 Å². The van der Waals surface area contributed by atoms with Gasteiger partial charge in [0, 0.05) is 24.6 Å². The number of amidine groups is 2. The highest BCUT2D eigenvalue weighted by atomic mass is 32.2. The van der Waals surface area contributed by atoms with E-state index in [2.05, 4.69) is 10.6 Å². The second kappa shape index (κ2) is 13.3. The maximum absolute atomic E-state index is 13.6. The fourth-order valence-electron chi connectivity index (χ4n) is 5.36. The number of carbonyl (C=O) groups is 3. The second-order valence-corrected chi connectivity index (χ2v) is 11.7. The quantitative estimate of drug-likeness (QED) is 0.426. The molecule has 0 spiro atoms. The van der Waals surface area contributed by atoms with Crippen LogP contribution in [0.5, 0.6) is 5.75 Å². The van der Waals surface area contributed by atoms with E-state index in [4.69, 9.17) is 14.7 Å². The first-order valence-electron chi connectivity index (χ1n) is 14.4. The van der Waals surface area contributed by atoms with Gasteiger partial charge in [-0.1, -0.05) is 62.2 Å². The highest BCUT2D eigenvalue weighted by Crippen LogP contribution is 2.36. The van der Waals surface area contributed by atoms with Gasteiger partial charge in [-0.15, -0.1) is 0 Å². The smallest absolute Gasteiger partial charge is 0.259 e. The number of hydrogen-bond acceptors (Lipinski definition) is 7. The van der Waals surface area contributed by atoms with E-state index < -0.39 is 6.04 Å². The molecule has 0 bridgehead atoms. The molecule has 3 amide bonds. The van der Waals surface area contributed by atoms with Crippen LogP contribution in [0.2, 0.25) is 0 Å². The highest BCUT2D eigenvalue weighted by Gasteiger charge is 2.42. The van der Waals surface area contributed by atoms with Crippen molar-refractivity contribution in [3.8, 4) is 5.75 Å². The molecule has 41 heavy (non-hydrogen) atoms. The molecule has 0 saturated heterocycles. The molecule has 3 aliphatic rings. The molecule has 9 nitrogen and oxygen atoms in total. The number of ether oxygens (including phenoxy) is 1. The van der Waals surface area contributed by atoms with Crippen molar-refractivity contribution in [1.82, 2.24) is 15.5 Å². The molecular formula is C31H37N5O4S. The van der Waals surface area contributed by atoms with E-state index in [0.717, 1.165) is 48.2 Å². The van der Waals surface area contributed by atoms with Gasteiger partial charge >= 0.3 is 0 Å². The molecule has 5 rings (SSSR count). The van der Waals surface area contributed by atoms with Crippen molar-refractivity contribution in [2.24, 2.45) is 9.98 Å². The normalized spacial score (nSPS) is 19.0. The molecule has 0 radical (unpaired) electrons. The van der Waals surface area contributed by atoms with Crippen LogP contribution >= 0.6 is 11.8 Å². The predicted octanol–water partition coefficient (Wildman–Crippen LogP) is 4.71. The molecule has 1 fully saturated rings. The van der Waals surface area contributed by atoms with E-state index in [1.165, 1.54) is 18.2 Å². The van der Waals surface area contributed by atoms with E-state index in [1.807, 2.05) is 55.5 Å². The van der Waals surface area contributed by atoms with Gasteiger partial charge in [0.1, 0.15) is 17.6 Å². The van der Waals surface area contributed by atoms with Crippen LogP contribution in [0.25, 0.3) is 0 Å². The van der Waals surface area contributed by atoms with E-state index >= 15 is 0 Å². The minimum Gasteiger partial charge on any atom is -0.497 e. The lowest BCUT2D eigenvalue weighted by molar-refractivity contribution is -0.125. The number of rotatable bonds is 10. The zero-order chi connectivity index (χ0) is 28.8. The number of aliphatic imine (C=N–C) groups is 2. The molecule has 2 aliphatic heterocycles. The van der Waals surface area contributed by atoms with E-state index in [1.54, 1.807) is 12.0 Å². The third-order valence-corrected chi connectivity index (χ3v) is 9.02. The number of carbonyl (C=O) groups excluding carboxylic acids is 3. The Balaban J connectivity index is 1.25. The SMILES string of the molecule is CC[C@@H](SC1=Nc2ccccc2C2=N[C@@H](CCC(=O)NCc3ccc(OC)cc3)C(=O)N12)C(=O)NC1CCCCC1. The Morgan fingerprint density at radius 3 is 2.59 bits per heavy atom. The summed E-state index contributed by atoms with van der Waals surface area (Å²) in [4.78, 5) is 50.6. The molecule has 10 heteroatoms. The number of methoxy groups -OCH3 is 1. The van der Waals surface area contributed by atoms with Crippen molar-refractivity contribution in [1.29, 1.82) is 0 Å². The lowest BCUT2D eigenvalue weighted by Crippen LogP contribution is -2.45. The van der Waals surface area contributed by atoms with Crippen LogP contribution in [0, 0.1) is 0 Å². The van der Waals surface area contributed by atoms with Crippen molar-refractivity contribution in [2.45, 2.75) is 82.2 Å². The lowest BCUT2D eigenvalue weighted by Gasteiger charge is -2.29. The highest BCUT2D eigenvalue weighted by molar-refractivity contribution is 8.15. The summed E-state index contributed by atoms with van der Waals surface area (Å²) >= 11 is 1.31. The summed E-state index contributed by atoms with van der Waals surface area (Å²) in [7, 11) is 1.61. The number of fused-ring (bicyclic) bond motifs is 3. The van der Waals surface area contributed by atoms with Crippen molar-refractivity contribution < 1.29 is 19.1 Å². The molecule has 2 aromatic carbocycles. The average molecular weight is 576 g/mol. The van der Waals surface area contributed by atoms with Crippen LogP contribution in [0.4, 0.5) is 5.69 Å². The van der Waals surface area contributed by atoms with Gasteiger partial charge < -0.3 is 15.4 Å². The molecule has 0 unspecified atom stereocenters. The molecule has 216 valence electrons. The summed E-state index contributed by atoms with van der Waals surface area (Å²) in [5.74, 6) is 0.919. The first-order chi connectivity index (χ1) is 20.0. The number of para-hydroxylation sites is 1. The number of benzene rings is 2. The summed E-state index contributed by atoms with van der Waals surface area (Å²) in [6.07, 6.45) is 6.58. The van der Waals surface area contributed by atoms with Crippen molar-refractivity contribution in [3.63, 3.8) is 0 Å². The Morgan fingerprint density at radius 1 is 1.10 bits per heavy atom. The first kappa shape index (κ1) is 28.9. The Kier molecular flexibility index (Phi) is 9.38. The van der Waals surface area contributed by atoms with Gasteiger partial charge in [-0.05, 0) is 55.5 Å². The van der Waals surface area contributed by atoms with E-state index in [9.17, 15) is 14.4 Å². The third kappa shape index (κ3) is 6.81. The fraction of sp³-hybridized carbons (Fsp3) is 0.452.